The van der Waals surface area contributed by atoms with Gasteiger partial charge in [-0.3, -0.25) is 4.99 Å². The van der Waals surface area contributed by atoms with Crippen LogP contribution in [0.4, 0.5) is 0 Å². The van der Waals surface area contributed by atoms with Gasteiger partial charge in [-0.05, 0) is 52.1 Å². The maximum Gasteiger partial charge on any atom is 0.191 e. The molecule has 0 aromatic rings. The quantitative estimate of drug-likeness (QED) is 0.553. The van der Waals surface area contributed by atoms with Crippen LogP contribution in [0.2, 0.25) is 0 Å². The fourth-order valence-corrected chi connectivity index (χ4v) is 3.05. The number of hydrogen-bond acceptors (Lipinski definition) is 3. The second kappa shape index (κ2) is 10.0. The second-order valence-corrected chi connectivity index (χ2v) is 6.01. The van der Waals surface area contributed by atoms with E-state index in [1.807, 2.05) is 0 Å². The predicted octanol–water partition coefficient (Wildman–Crippen LogP) is 1.60. The lowest BCUT2D eigenvalue weighted by molar-refractivity contribution is 0.106. The molecule has 2 heterocycles. The van der Waals surface area contributed by atoms with Crippen LogP contribution in [0.5, 0.6) is 0 Å². The molecule has 0 aromatic carbocycles. The molecule has 0 amide bonds. The predicted molar refractivity (Wildman–Crippen MR) is 87.9 cm³/mol. The summed E-state index contributed by atoms with van der Waals surface area (Å²) in [6, 6.07) is 0. The topological polar surface area (TPSA) is 48.9 Å². The third kappa shape index (κ3) is 6.66. The number of aliphatic imine (C=N–C) groups is 1. The average Bonchev–Trinajstić information content (AvgIpc) is 3.02. The molecular formula is C16H32N4O. The van der Waals surface area contributed by atoms with Crippen LogP contribution in [0, 0.1) is 0 Å². The minimum absolute atomic E-state index is 0.435. The first kappa shape index (κ1) is 16.6. The van der Waals surface area contributed by atoms with Crippen LogP contribution in [-0.2, 0) is 4.74 Å². The molecule has 1 atom stereocenters. The van der Waals surface area contributed by atoms with E-state index in [0.717, 1.165) is 45.2 Å². The van der Waals surface area contributed by atoms with Gasteiger partial charge in [0.1, 0.15) is 0 Å². The molecule has 5 heteroatoms. The van der Waals surface area contributed by atoms with Crippen LogP contribution < -0.4 is 10.6 Å². The van der Waals surface area contributed by atoms with E-state index in [1.54, 1.807) is 0 Å². The molecule has 2 fully saturated rings. The number of hydrogen-bond donors (Lipinski definition) is 2. The minimum Gasteiger partial charge on any atom is -0.378 e. The zero-order valence-electron chi connectivity index (χ0n) is 13.6. The van der Waals surface area contributed by atoms with Gasteiger partial charge in [-0.1, -0.05) is 6.42 Å². The van der Waals surface area contributed by atoms with Crippen molar-refractivity contribution in [1.82, 2.24) is 15.5 Å². The monoisotopic (exact) mass is 296 g/mol. The number of nitrogens with zero attached hydrogens (tertiary/aromatic N) is 2. The van der Waals surface area contributed by atoms with Crippen LogP contribution in [0.1, 0.15) is 45.4 Å². The molecule has 0 radical (unpaired) electrons. The van der Waals surface area contributed by atoms with E-state index in [2.05, 4.69) is 27.4 Å². The molecule has 2 rings (SSSR count). The minimum atomic E-state index is 0.435. The van der Waals surface area contributed by atoms with Crippen molar-refractivity contribution in [2.45, 2.75) is 51.6 Å². The Morgan fingerprint density at radius 2 is 2.05 bits per heavy atom. The number of likely N-dealkylation sites (tertiary alicyclic amines) is 1. The molecule has 2 saturated heterocycles. The third-order valence-electron chi connectivity index (χ3n) is 4.26. The lowest BCUT2D eigenvalue weighted by Gasteiger charge is -2.26. The Kier molecular flexibility index (Phi) is 7.89. The molecule has 0 aliphatic carbocycles. The zero-order chi connectivity index (χ0) is 14.8. The summed E-state index contributed by atoms with van der Waals surface area (Å²) in [5, 5.41) is 6.78. The highest BCUT2D eigenvalue weighted by Gasteiger charge is 2.14. The van der Waals surface area contributed by atoms with E-state index < -0.39 is 0 Å². The van der Waals surface area contributed by atoms with Gasteiger partial charge in [-0.2, -0.15) is 0 Å². The lowest BCUT2D eigenvalue weighted by atomic mass is 10.1. The van der Waals surface area contributed by atoms with Crippen LogP contribution in [0.15, 0.2) is 4.99 Å². The summed E-state index contributed by atoms with van der Waals surface area (Å²) in [6.45, 7) is 9.42. The van der Waals surface area contributed by atoms with E-state index in [4.69, 9.17) is 4.74 Å². The highest BCUT2D eigenvalue weighted by Crippen LogP contribution is 2.14. The van der Waals surface area contributed by atoms with Crippen molar-refractivity contribution in [2.24, 2.45) is 4.99 Å². The standard InChI is InChI=1S/C16H32N4O/c1-2-17-16(18-9-8-15-7-6-14-21-15)19-10-13-20-11-4-3-5-12-20/h15H,2-14H2,1H3,(H2,17,18,19). The van der Waals surface area contributed by atoms with Crippen LogP contribution in [0.3, 0.4) is 0 Å². The number of nitrogens with one attached hydrogen (secondary N) is 2. The second-order valence-electron chi connectivity index (χ2n) is 6.01. The van der Waals surface area contributed by atoms with Crippen molar-refractivity contribution >= 4 is 5.96 Å². The molecule has 2 N–H and O–H groups in total. The molecule has 2 aliphatic rings. The molecule has 1 unspecified atom stereocenters. The van der Waals surface area contributed by atoms with E-state index >= 15 is 0 Å². The Morgan fingerprint density at radius 3 is 2.76 bits per heavy atom. The molecule has 0 saturated carbocycles. The molecule has 122 valence electrons. The Hall–Kier alpha value is -0.810. The number of guanidine groups is 1. The summed E-state index contributed by atoms with van der Waals surface area (Å²) in [5.74, 6) is 0.951. The van der Waals surface area contributed by atoms with Gasteiger partial charge in [0.05, 0.1) is 6.10 Å². The van der Waals surface area contributed by atoms with Gasteiger partial charge in [-0.15, -0.1) is 0 Å². The van der Waals surface area contributed by atoms with Gasteiger partial charge in [0, 0.05) is 32.8 Å². The van der Waals surface area contributed by atoms with E-state index in [1.165, 1.54) is 45.2 Å². The maximum atomic E-state index is 5.64. The van der Waals surface area contributed by atoms with Crippen LogP contribution >= 0.6 is 0 Å². The average molecular weight is 296 g/mol. The van der Waals surface area contributed by atoms with Gasteiger partial charge in [-0.25, -0.2) is 0 Å². The summed E-state index contributed by atoms with van der Waals surface area (Å²) < 4.78 is 5.64. The van der Waals surface area contributed by atoms with Crippen molar-refractivity contribution < 1.29 is 4.74 Å². The van der Waals surface area contributed by atoms with E-state index in [-0.39, 0.29) is 0 Å². The summed E-state index contributed by atoms with van der Waals surface area (Å²) in [5.41, 5.74) is 0. The van der Waals surface area contributed by atoms with Crippen molar-refractivity contribution in [3.05, 3.63) is 0 Å². The van der Waals surface area contributed by atoms with Gasteiger partial charge in [0.2, 0.25) is 0 Å². The summed E-state index contributed by atoms with van der Waals surface area (Å²) in [6.07, 6.45) is 8.01. The third-order valence-corrected chi connectivity index (χ3v) is 4.26. The molecule has 5 nitrogen and oxygen atoms in total. The van der Waals surface area contributed by atoms with E-state index in [0.29, 0.717) is 6.10 Å². The van der Waals surface area contributed by atoms with Gasteiger partial charge in [0.25, 0.3) is 0 Å². The van der Waals surface area contributed by atoms with E-state index in [9.17, 15) is 0 Å². The van der Waals surface area contributed by atoms with Crippen LogP contribution in [-0.4, -0.2) is 62.8 Å². The summed E-state index contributed by atoms with van der Waals surface area (Å²) >= 11 is 0. The number of piperidine rings is 1. The van der Waals surface area contributed by atoms with Crippen molar-refractivity contribution in [2.75, 3.05) is 45.9 Å². The van der Waals surface area contributed by atoms with Crippen LogP contribution in [0.25, 0.3) is 0 Å². The molecule has 0 spiro atoms. The lowest BCUT2D eigenvalue weighted by Crippen LogP contribution is -2.42. The highest BCUT2D eigenvalue weighted by molar-refractivity contribution is 5.79. The Morgan fingerprint density at radius 1 is 1.19 bits per heavy atom. The molecule has 21 heavy (non-hydrogen) atoms. The van der Waals surface area contributed by atoms with Crippen molar-refractivity contribution in [3.63, 3.8) is 0 Å². The number of rotatable bonds is 7. The molecule has 2 aliphatic heterocycles. The smallest absolute Gasteiger partial charge is 0.191 e. The first-order valence-corrected chi connectivity index (χ1v) is 8.74. The van der Waals surface area contributed by atoms with Gasteiger partial charge < -0.3 is 20.3 Å². The van der Waals surface area contributed by atoms with Crippen molar-refractivity contribution in [3.8, 4) is 0 Å². The fourth-order valence-electron chi connectivity index (χ4n) is 3.05. The first-order chi connectivity index (χ1) is 10.4. The first-order valence-electron chi connectivity index (χ1n) is 8.74. The Labute approximate surface area is 129 Å². The molecule has 0 bridgehead atoms. The molecular weight excluding hydrogens is 264 g/mol. The number of ether oxygens (including phenoxy) is 1. The SMILES string of the molecule is CCNC(=NCCC1CCCO1)NCCN1CCCCC1. The maximum absolute atomic E-state index is 5.64. The zero-order valence-corrected chi connectivity index (χ0v) is 13.6. The Balaban J connectivity index is 1.62. The van der Waals surface area contributed by atoms with Gasteiger partial charge in [0.15, 0.2) is 5.96 Å². The normalized spacial score (nSPS) is 24.2. The van der Waals surface area contributed by atoms with Gasteiger partial charge >= 0.3 is 0 Å². The van der Waals surface area contributed by atoms with Crippen molar-refractivity contribution in [1.29, 1.82) is 0 Å². The summed E-state index contributed by atoms with van der Waals surface area (Å²) in [4.78, 5) is 7.20. The largest absolute Gasteiger partial charge is 0.378 e. The molecule has 0 aromatic heterocycles. The Bertz CT molecular complexity index is 297. The fraction of sp³-hybridized carbons (Fsp3) is 0.938. The summed E-state index contributed by atoms with van der Waals surface area (Å²) in [7, 11) is 0. The highest BCUT2D eigenvalue weighted by atomic mass is 16.5.